The zero-order valence-electron chi connectivity index (χ0n) is 8.71. The molecule has 84 valence electrons. The van der Waals surface area contributed by atoms with Crippen molar-refractivity contribution < 1.29 is 14.6 Å². The van der Waals surface area contributed by atoms with Gasteiger partial charge in [-0.05, 0) is 12.8 Å². The van der Waals surface area contributed by atoms with Crippen molar-refractivity contribution in [1.29, 1.82) is 0 Å². The second-order valence-corrected chi connectivity index (χ2v) is 3.37. The van der Waals surface area contributed by atoms with Gasteiger partial charge in [-0.2, -0.15) is 0 Å². The number of hydrogen-bond acceptors (Lipinski definition) is 3. The third-order valence-corrected chi connectivity index (χ3v) is 2.05. The van der Waals surface area contributed by atoms with E-state index in [4.69, 9.17) is 10.8 Å². The summed E-state index contributed by atoms with van der Waals surface area (Å²) in [5, 5.41) is 8.53. The third kappa shape index (κ3) is 11.2. The van der Waals surface area contributed by atoms with Crippen molar-refractivity contribution in [2.75, 3.05) is 13.2 Å². The van der Waals surface area contributed by atoms with Gasteiger partial charge in [-0.3, -0.25) is 0 Å². The zero-order valence-corrected chi connectivity index (χ0v) is 8.71. The van der Waals surface area contributed by atoms with E-state index in [-0.39, 0.29) is 0 Å². The van der Waals surface area contributed by atoms with E-state index in [0.717, 1.165) is 32.1 Å². The molecule has 0 radical (unpaired) electrons. The highest BCUT2D eigenvalue weighted by Gasteiger charge is 1.94. The lowest BCUT2D eigenvalue weighted by Crippen LogP contribution is -2.13. The summed E-state index contributed by atoms with van der Waals surface area (Å²) in [5.74, 6) is 0. The molecule has 0 aromatic rings. The van der Waals surface area contributed by atoms with Gasteiger partial charge in [-0.15, -0.1) is 0 Å². The molecule has 0 spiro atoms. The fraction of sp³-hybridized carbons (Fsp3) is 0.900. The Balaban J connectivity index is 2.88. The topological polar surface area (TPSA) is 72.6 Å². The molecular weight excluding hydrogens is 182 g/mol. The molecule has 3 N–H and O–H groups in total. The van der Waals surface area contributed by atoms with Crippen LogP contribution < -0.4 is 5.73 Å². The molecule has 0 bridgehead atoms. The third-order valence-electron chi connectivity index (χ3n) is 2.05. The Morgan fingerprint density at radius 2 is 1.50 bits per heavy atom. The Labute approximate surface area is 85.4 Å². The van der Waals surface area contributed by atoms with Crippen LogP contribution in [0.5, 0.6) is 0 Å². The average Bonchev–Trinajstić information content (AvgIpc) is 2.15. The molecule has 0 aromatic carbocycles. The average molecular weight is 203 g/mol. The van der Waals surface area contributed by atoms with E-state index in [1.807, 2.05) is 0 Å². The second-order valence-electron chi connectivity index (χ2n) is 3.37. The Kier molecular flexibility index (Phi) is 9.74. The van der Waals surface area contributed by atoms with Crippen molar-refractivity contribution in [3.63, 3.8) is 0 Å². The lowest BCUT2D eigenvalue weighted by molar-refractivity contribution is 0.154. The summed E-state index contributed by atoms with van der Waals surface area (Å²) < 4.78 is 4.59. The first-order valence-electron chi connectivity index (χ1n) is 5.30. The van der Waals surface area contributed by atoms with Gasteiger partial charge < -0.3 is 15.6 Å². The van der Waals surface area contributed by atoms with Crippen LogP contribution in [-0.4, -0.2) is 24.4 Å². The molecule has 14 heavy (non-hydrogen) atoms. The van der Waals surface area contributed by atoms with Gasteiger partial charge in [0.25, 0.3) is 0 Å². The molecule has 1 amide bonds. The molecule has 0 aliphatic rings. The molecule has 0 saturated carbocycles. The zero-order chi connectivity index (χ0) is 10.6. The van der Waals surface area contributed by atoms with Gasteiger partial charge in [-0.25, -0.2) is 4.79 Å². The Hall–Kier alpha value is -0.770. The van der Waals surface area contributed by atoms with E-state index in [1.165, 1.54) is 12.8 Å². The molecule has 0 aliphatic carbocycles. The van der Waals surface area contributed by atoms with Crippen molar-refractivity contribution >= 4 is 6.09 Å². The van der Waals surface area contributed by atoms with Gasteiger partial charge in [0.15, 0.2) is 0 Å². The first-order valence-corrected chi connectivity index (χ1v) is 5.30. The van der Waals surface area contributed by atoms with Gasteiger partial charge in [0.2, 0.25) is 0 Å². The molecule has 0 fully saturated rings. The summed E-state index contributed by atoms with van der Waals surface area (Å²) in [5.41, 5.74) is 4.80. The maximum absolute atomic E-state index is 10.2. The lowest BCUT2D eigenvalue weighted by atomic mass is 10.1. The predicted octanol–water partition coefficient (Wildman–Crippen LogP) is 1.80. The molecular formula is C10H21NO3. The van der Waals surface area contributed by atoms with Crippen LogP contribution in [0.2, 0.25) is 0 Å². The molecule has 0 heterocycles. The fourth-order valence-electron chi connectivity index (χ4n) is 1.27. The van der Waals surface area contributed by atoms with Gasteiger partial charge in [0.05, 0.1) is 6.61 Å². The number of rotatable bonds is 9. The minimum absolute atomic E-state index is 0.298. The van der Waals surface area contributed by atoms with Crippen LogP contribution in [0.4, 0.5) is 4.79 Å². The summed E-state index contributed by atoms with van der Waals surface area (Å²) in [6, 6.07) is 0. The van der Waals surface area contributed by atoms with E-state index in [9.17, 15) is 4.79 Å². The Bertz CT molecular complexity index is 139. The number of amides is 1. The highest BCUT2D eigenvalue weighted by atomic mass is 16.5. The molecule has 4 heteroatoms. The van der Waals surface area contributed by atoms with Crippen molar-refractivity contribution in [3.8, 4) is 0 Å². The second kappa shape index (κ2) is 10.3. The van der Waals surface area contributed by atoms with E-state index in [0.29, 0.717) is 13.2 Å². The number of ether oxygens (including phenoxy) is 1. The predicted molar refractivity (Wildman–Crippen MR) is 54.9 cm³/mol. The number of carbonyl (C=O) groups is 1. The SMILES string of the molecule is NC(=O)OCCCCCCCCCO. The number of unbranched alkanes of at least 4 members (excludes halogenated alkanes) is 6. The van der Waals surface area contributed by atoms with Gasteiger partial charge >= 0.3 is 6.09 Å². The molecule has 0 rings (SSSR count). The van der Waals surface area contributed by atoms with Gasteiger partial charge in [0, 0.05) is 6.61 Å². The maximum atomic E-state index is 10.2. The minimum atomic E-state index is -0.687. The molecule has 0 aromatic heterocycles. The summed E-state index contributed by atoms with van der Waals surface area (Å²) in [4.78, 5) is 10.2. The number of primary amides is 1. The van der Waals surface area contributed by atoms with Crippen molar-refractivity contribution in [3.05, 3.63) is 0 Å². The van der Waals surface area contributed by atoms with Gasteiger partial charge in [0.1, 0.15) is 0 Å². The van der Waals surface area contributed by atoms with Crippen LogP contribution in [0.15, 0.2) is 0 Å². The maximum Gasteiger partial charge on any atom is 0.404 e. The molecule has 0 atom stereocenters. The van der Waals surface area contributed by atoms with Crippen molar-refractivity contribution in [1.82, 2.24) is 0 Å². The quantitative estimate of drug-likeness (QED) is 0.561. The Morgan fingerprint density at radius 3 is 2.00 bits per heavy atom. The van der Waals surface area contributed by atoms with E-state index >= 15 is 0 Å². The van der Waals surface area contributed by atoms with Crippen LogP contribution in [0.1, 0.15) is 44.9 Å². The highest BCUT2D eigenvalue weighted by Crippen LogP contribution is 2.06. The lowest BCUT2D eigenvalue weighted by Gasteiger charge is -2.01. The van der Waals surface area contributed by atoms with Crippen LogP contribution in [0.25, 0.3) is 0 Å². The van der Waals surface area contributed by atoms with E-state index in [2.05, 4.69) is 4.74 Å². The smallest absolute Gasteiger partial charge is 0.404 e. The largest absolute Gasteiger partial charge is 0.450 e. The molecule has 0 unspecified atom stereocenters. The molecule has 0 saturated heterocycles. The molecule has 0 aliphatic heterocycles. The van der Waals surface area contributed by atoms with Crippen LogP contribution >= 0.6 is 0 Å². The number of hydrogen-bond donors (Lipinski definition) is 2. The van der Waals surface area contributed by atoms with Crippen molar-refractivity contribution in [2.24, 2.45) is 5.73 Å². The van der Waals surface area contributed by atoms with E-state index < -0.39 is 6.09 Å². The van der Waals surface area contributed by atoms with E-state index in [1.54, 1.807) is 0 Å². The first-order chi connectivity index (χ1) is 6.77. The van der Waals surface area contributed by atoms with Crippen molar-refractivity contribution in [2.45, 2.75) is 44.9 Å². The van der Waals surface area contributed by atoms with Crippen LogP contribution in [0.3, 0.4) is 0 Å². The van der Waals surface area contributed by atoms with Crippen LogP contribution in [0, 0.1) is 0 Å². The standard InChI is InChI=1S/C10H21NO3/c11-10(13)14-9-7-5-3-1-2-4-6-8-12/h12H,1-9H2,(H2,11,13). The molecule has 4 nitrogen and oxygen atoms in total. The first kappa shape index (κ1) is 13.2. The minimum Gasteiger partial charge on any atom is -0.450 e. The Morgan fingerprint density at radius 1 is 1.00 bits per heavy atom. The highest BCUT2D eigenvalue weighted by molar-refractivity contribution is 5.64. The number of aliphatic hydroxyl groups excluding tert-OH is 1. The number of carbonyl (C=O) groups excluding carboxylic acids is 1. The summed E-state index contributed by atoms with van der Waals surface area (Å²) in [7, 11) is 0. The summed E-state index contributed by atoms with van der Waals surface area (Å²) >= 11 is 0. The summed E-state index contributed by atoms with van der Waals surface area (Å²) in [6.07, 6.45) is 6.82. The monoisotopic (exact) mass is 203 g/mol. The summed E-state index contributed by atoms with van der Waals surface area (Å²) in [6.45, 7) is 0.735. The van der Waals surface area contributed by atoms with Gasteiger partial charge in [-0.1, -0.05) is 32.1 Å². The normalized spacial score (nSPS) is 10.1. The number of nitrogens with two attached hydrogens (primary N) is 1. The number of aliphatic hydroxyl groups is 1. The van der Waals surface area contributed by atoms with Crippen LogP contribution in [-0.2, 0) is 4.74 Å². The fourth-order valence-corrected chi connectivity index (χ4v) is 1.27.